The van der Waals surface area contributed by atoms with Crippen LogP contribution in [0, 0.1) is 6.92 Å². The molecule has 0 saturated carbocycles. The molecule has 21 heavy (non-hydrogen) atoms. The number of carboxylic acid groups (broad SMARTS) is 1. The molecule has 1 saturated heterocycles. The first-order chi connectivity index (χ1) is 10.0. The van der Waals surface area contributed by atoms with Crippen molar-refractivity contribution in [1.82, 2.24) is 20.0 Å². The lowest BCUT2D eigenvalue weighted by Crippen LogP contribution is -2.50. The van der Waals surface area contributed by atoms with Gasteiger partial charge in [0.2, 0.25) is 0 Å². The summed E-state index contributed by atoms with van der Waals surface area (Å²) in [7, 11) is 0. The SMILES string of the molecule is Cc1cnn(CCNC(=O)N2CCOC(CC(=O)O)C2)c1. The largest absolute Gasteiger partial charge is 0.481 e. The lowest BCUT2D eigenvalue weighted by atomic mass is 10.2. The molecule has 1 unspecified atom stereocenters. The van der Waals surface area contributed by atoms with Gasteiger partial charge in [-0.3, -0.25) is 9.48 Å². The van der Waals surface area contributed by atoms with Crippen LogP contribution in [0.3, 0.4) is 0 Å². The van der Waals surface area contributed by atoms with Crippen LogP contribution in [-0.4, -0.2) is 64.1 Å². The molecule has 0 bridgehead atoms. The highest BCUT2D eigenvalue weighted by atomic mass is 16.5. The van der Waals surface area contributed by atoms with Crippen molar-refractivity contribution in [2.24, 2.45) is 0 Å². The second-order valence-corrected chi connectivity index (χ2v) is 5.05. The van der Waals surface area contributed by atoms with Crippen LogP contribution >= 0.6 is 0 Å². The third-order valence-corrected chi connectivity index (χ3v) is 3.21. The Kier molecular flexibility index (Phi) is 5.15. The zero-order chi connectivity index (χ0) is 15.2. The van der Waals surface area contributed by atoms with Crippen molar-refractivity contribution in [2.45, 2.75) is 26.0 Å². The summed E-state index contributed by atoms with van der Waals surface area (Å²) in [5.74, 6) is -0.920. The van der Waals surface area contributed by atoms with E-state index in [9.17, 15) is 9.59 Å². The van der Waals surface area contributed by atoms with Gasteiger partial charge in [-0.25, -0.2) is 4.79 Å². The Bertz CT molecular complexity index is 502. The average Bonchev–Trinajstić information content (AvgIpc) is 2.84. The van der Waals surface area contributed by atoms with Gasteiger partial charge in [0.15, 0.2) is 0 Å². The van der Waals surface area contributed by atoms with Crippen LogP contribution in [0.4, 0.5) is 4.79 Å². The first kappa shape index (κ1) is 15.3. The quantitative estimate of drug-likeness (QED) is 0.802. The van der Waals surface area contributed by atoms with Gasteiger partial charge < -0.3 is 20.1 Å². The van der Waals surface area contributed by atoms with E-state index in [0.29, 0.717) is 32.8 Å². The second kappa shape index (κ2) is 7.07. The van der Waals surface area contributed by atoms with Gasteiger partial charge in [0.05, 0.1) is 31.9 Å². The minimum atomic E-state index is -0.920. The van der Waals surface area contributed by atoms with E-state index in [1.165, 1.54) is 0 Å². The van der Waals surface area contributed by atoms with Crippen molar-refractivity contribution >= 4 is 12.0 Å². The number of rotatable bonds is 5. The maximum Gasteiger partial charge on any atom is 0.317 e. The van der Waals surface area contributed by atoms with Crippen molar-refractivity contribution in [1.29, 1.82) is 0 Å². The summed E-state index contributed by atoms with van der Waals surface area (Å²) < 4.78 is 7.10. The molecule has 1 aliphatic heterocycles. The van der Waals surface area contributed by atoms with Gasteiger partial charge in [0.25, 0.3) is 0 Å². The molecule has 1 aromatic heterocycles. The Morgan fingerprint density at radius 2 is 2.38 bits per heavy atom. The number of amides is 2. The Labute approximate surface area is 122 Å². The lowest BCUT2D eigenvalue weighted by molar-refractivity contribution is -0.141. The number of nitrogens with zero attached hydrogens (tertiary/aromatic N) is 3. The molecule has 0 spiro atoms. The molecule has 0 aliphatic carbocycles. The van der Waals surface area contributed by atoms with E-state index in [0.717, 1.165) is 5.56 Å². The number of aliphatic carboxylic acids is 1. The minimum absolute atomic E-state index is 0.0870. The summed E-state index contributed by atoms with van der Waals surface area (Å²) in [6.45, 7) is 4.17. The molecule has 2 rings (SSSR count). The maximum absolute atomic E-state index is 12.0. The molecule has 1 aliphatic rings. The minimum Gasteiger partial charge on any atom is -0.481 e. The first-order valence-corrected chi connectivity index (χ1v) is 6.90. The third-order valence-electron chi connectivity index (χ3n) is 3.21. The highest BCUT2D eigenvalue weighted by Crippen LogP contribution is 2.08. The van der Waals surface area contributed by atoms with Gasteiger partial charge in [-0.05, 0) is 12.5 Å². The summed E-state index contributed by atoms with van der Waals surface area (Å²) in [5, 5.41) is 15.7. The first-order valence-electron chi connectivity index (χ1n) is 6.90. The van der Waals surface area contributed by atoms with E-state index >= 15 is 0 Å². The van der Waals surface area contributed by atoms with E-state index in [1.54, 1.807) is 15.8 Å². The normalized spacial score (nSPS) is 18.5. The molecular weight excluding hydrogens is 276 g/mol. The summed E-state index contributed by atoms with van der Waals surface area (Å²) in [4.78, 5) is 24.3. The number of ether oxygens (including phenoxy) is 1. The van der Waals surface area contributed by atoms with Crippen LogP contribution in [0.2, 0.25) is 0 Å². The topological polar surface area (TPSA) is 96.7 Å². The molecule has 0 aromatic carbocycles. The number of carbonyl (C=O) groups is 2. The highest BCUT2D eigenvalue weighted by Gasteiger charge is 2.25. The van der Waals surface area contributed by atoms with Gasteiger partial charge in [-0.2, -0.15) is 5.10 Å². The highest BCUT2D eigenvalue weighted by molar-refractivity contribution is 5.74. The second-order valence-electron chi connectivity index (χ2n) is 5.05. The van der Waals surface area contributed by atoms with Crippen molar-refractivity contribution in [3.63, 3.8) is 0 Å². The molecule has 2 heterocycles. The molecule has 1 atom stereocenters. The molecule has 2 amide bonds. The van der Waals surface area contributed by atoms with Gasteiger partial charge in [0.1, 0.15) is 0 Å². The molecular formula is C13H20N4O4. The number of urea groups is 1. The van der Waals surface area contributed by atoms with Crippen LogP contribution in [0.1, 0.15) is 12.0 Å². The van der Waals surface area contributed by atoms with E-state index in [-0.39, 0.29) is 12.5 Å². The van der Waals surface area contributed by atoms with Gasteiger partial charge in [-0.15, -0.1) is 0 Å². The molecule has 2 N–H and O–H groups in total. The average molecular weight is 296 g/mol. The van der Waals surface area contributed by atoms with E-state index in [2.05, 4.69) is 10.4 Å². The summed E-state index contributed by atoms with van der Waals surface area (Å²) in [6, 6.07) is -0.197. The van der Waals surface area contributed by atoms with E-state index < -0.39 is 12.1 Å². The number of carboxylic acids is 1. The monoisotopic (exact) mass is 296 g/mol. The molecule has 1 fully saturated rings. The van der Waals surface area contributed by atoms with Crippen molar-refractivity contribution < 1.29 is 19.4 Å². The summed E-state index contributed by atoms with van der Waals surface area (Å²) in [5.41, 5.74) is 1.08. The van der Waals surface area contributed by atoms with Crippen molar-refractivity contribution in [2.75, 3.05) is 26.2 Å². The predicted octanol–water partition coefficient (Wildman–Crippen LogP) is 0.0766. The molecule has 116 valence electrons. The number of hydrogen-bond acceptors (Lipinski definition) is 4. The fraction of sp³-hybridized carbons (Fsp3) is 0.615. The van der Waals surface area contributed by atoms with Crippen LogP contribution < -0.4 is 5.32 Å². The number of nitrogens with one attached hydrogen (secondary N) is 1. The van der Waals surface area contributed by atoms with E-state index in [4.69, 9.17) is 9.84 Å². The molecule has 0 radical (unpaired) electrons. The lowest BCUT2D eigenvalue weighted by Gasteiger charge is -2.32. The zero-order valence-electron chi connectivity index (χ0n) is 12.0. The number of hydrogen-bond donors (Lipinski definition) is 2. The fourth-order valence-corrected chi connectivity index (χ4v) is 2.20. The maximum atomic E-state index is 12.0. The zero-order valence-corrected chi connectivity index (χ0v) is 12.0. The Morgan fingerprint density at radius 3 is 3.05 bits per heavy atom. The van der Waals surface area contributed by atoms with Crippen LogP contribution in [0.25, 0.3) is 0 Å². The van der Waals surface area contributed by atoms with Gasteiger partial charge in [-0.1, -0.05) is 0 Å². The number of carbonyl (C=O) groups excluding carboxylic acids is 1. The predicted molar refractivity (Wildman–Crippen MR) is 73.9 cm³/mol. The number of aryl methyl sites for hydroxylation is 1. The summed E-state index contributed by atoms with van der Waals surface area (Å²) >= 11 is 0. The summed E-state index contributed by atoms with van der Waals surface area (Å²) in [6.07, 6.45) is 3.15. The van der Waals surface area contributed by atoms with Gasteiger partial charge in [0, 0.05) is 25.8 Å². The van der Waals surface area contributed by atoms with E-state index in [1.807, 2.05) is 13.1 Å². The smallest absolute Gasteiger partial charge is 0.317 e. The Hall–Kier alpha value is -2.09. The number of aromatic nitrogens is 2. The molecule has 8 heteroatoms. The molecule has 8 nitrogen and oxygen atoms in total. The van der Waals surface area contributed by atoms with Crippen LogP contribution in [0.15, 0.2) is 12.4 Å². The van der Waals surface area contributed by atoms with Gasteiger partial charge >= 0.3 is 12.0 Å². The van der Waals surface area contributed by atoms with Crippen LogP contribution in [0.5, 0.6) is 0 Å². The standard InChI is InChI=1S/C13H20N4O4/c1-10-7-15-17(8-10)3-2-14-13(20)16-4-5-21-11(9-16)6-12(18)19/h7-8,11H,2-6,9H2,1H3,(H,14,20)(H,18,19). The fourth-order valence-electron chi connectivity index (χ4n) is 2.20. The van der Waals surface area contributed by atoms with Crippen molar-refractivity contribution in [3.8, 4) is 0 Å². The third kappa shape index (κ3) is 4.75. The van der Waals surface area contributed by atoms with Crippen LogP contribution in [-0.2, 0) is 16.1 Å². The van der Waals surface area contributed by atoms with Crippen molar-refractivity contribution in [3.05, 3.63) is 18.0 Å². The Balaban J connectivity index is 1.73. The number of morpholine rings is 1. The Morgan fingerprint density at radius 1 is 1.57 bits per heavy atom. The molecule has 1 aromatic rings.